The number of fused-ring (bicyclic) bond motifs is 1. The third kappa shape index (κ3) is 2.34. The van der Waals surface area contributed by atoms with Gasteiger partial charge in [0.2, 0.25) is 5.82 Å². The smallest absolute Gasteiger partial charge is 0.295 e. The highest BCUT2D eigenvalue weighted by molar-refractivity contribution is 6.29. The molecule has 0 saturated heterocycles. The number of nitrogens with zero attached hydrogens (tertiary/aromatic N) is 2. The number of hydrogen-bond acceptors (Lipinski definition) is 3. The molecule has 2 aromatic heterocycles. The minimum Gasteiger partial charge on any atom is -0.295 e. The standard InChI is InChI=1S/C14H9ClFN3O2/c15-12-10(16)13(20)19(14(21)18-12)7-9-4-1-3-8-5-2-6-17-11(8)9/h1-6H,7H2,(H,18,21). The molecular weight excluding hydrogens is 297 g/mol. The van der Waals surface area contributed by atoms with Crippen LogP contribution in [0.1, 0.15) is 5.56 Å². The number of aromatic amines is 1. The number of nitrogens with one attached hydrogen (secondary N) is 1. The molecule has 106 valence electrons. The van der Waals surface area contributed by atoms with E-state index in [0.29, 0.717) is 11.1 Å². The second-order valence-corrected chi connectivity index (χ2v) is 4.82. The molecule has 0 amide bonds. The van der Waals surface area contributed by atoms with Crippen LogP contribution in [0, 0.1) is 5.82 Å². The van der Waals surface area contributed by atoms with Crippen molar-refractivity contribution in [2.75, 3.05) is 0 Å². The highest BCUT2D eigenvalue weighted by Gasteiger charge is 2.13. The number of para-hydroxylation sites is 1. The van der Waals surface area contributed by atoms with Crippen molar-refractivity contribution in [2.24, 2.45) is 0 Å². The summed E-state index contributed by atoms with van der Waals surface area (Å²) >= 11 is 5.43. The summed E-state index contributed by atoms with van der Waals surface area (Å²) in [5.74, 6) is -1.18. The van der Waals surface area contributed by atoms with Crippen LogP contribution in [0.15, 0.2) is 46.1 Å². The molecule has 0 radical (unpaired) electrons. The maximum atomic E-state index is 13.5. The van der Waals surface area contributed by atoms with Gasteiger partial charge in [-0.25, -0.2) is 4.79 Å². The van der Waals surface area contributed by atoms with E-state index in [1.807, 2.05) is 12.1 Å². The average Bonchev–Trinajstić information content (AvgIpc) is 2.49. The number of halogens is 2. The van der Waals surface area contributed by atoms with Crippen molar-refractivity contribution in [3.05, 3.63) is 73.9 Å². The molecule has 1 aromatic carbocycles. The van der Waals surface area contributed by atoms with Crippen LogP contribution >= 0.6 is 11.6 Å². The first kappa shape index (κ1) is 13.5. The zero-order chi connectivity index (χ0) is 15.0. The fraction of sp³-hybridized carbons (Fsp3) is 0.0714. The molecule has 0 saturated carbocycles. The van der Waals surface area contributed by atoms with Crippen LogP contribution in [0.4, 0.5) is 4.39 Å². The molecule has 0 aliphatic carbocycles. The predicted molar refractivity (Wildman–Crippen MR) is 77.1 cm³/mol. The molecule has 0 spiro atoms. The molecule has 0 aliphatic rings. The van der Waals surface area contributed by atoms with E-state index in [9.17, 15) is 14.0 Å². The molecule has 0 aliphatic heterocycles. The fourth-order valence-corrected chi connectivity index (χ4v) is 2.29. The highest BCUT2D eigenvalue weighted by atomic mass is 35.5. The molecule has 0 fully saturated rings. The summed E-state index contributed by atoms with van der Waals surface area (Å²) in [5.41, 5.74) is -0.528. The maximum Gasteiger partial charge on any atom is 0.329 e. The Labute approximate surface area is 122 Å². The average molecular weight is 306 g/mol. The summed E-state index contributed by atoms with van der Waals surface area (Å²) in [5, 5.41) is 0.284. The molecule has 7 heteroatoms. The van der Waals surface area contributed by atoms with E-state index < -0.39 is 22.2 Å². The predicted octanol–water partition coefficient (Wildman–Crippen LogP) is 1.93. The molecule has 0 unspecified atom stereocenters. The van der Waals surface area contributed by atoms with Crippen molar-refractivity contribution in [2.45, 2.75) is 6.54 Å². The van der Waals surface area contributed by atoms with Crippen molar-refractivity contribution in [1.82, 2.24) is 14.5 Å². The van der Waals surface area contributed by atoms with E-state index in [2.05, 4.69) is 9.97 Å². The Bertz CT molecular complexity index is 944. The van der Waals surface area contributed by atoms with Gasteiger partial charge in [-0.3, -0.25) is 19.3 Å². The normalized spacial score (nSPS) is 11.0. The number of pyridine rings is 1. The first-order valence-corrected chi connectivity index (χ1v) is 6.46. The molecule has 2 heterocycles. The Hall–Kier alpha value is -2.47. The molecule has 3 rings (SSSR count). The second-order valence-electron chi connectivity index (χ2n) is 4.44. The quantitative estimate of drug-likeness (QED) is 0.736. The van der Waals surface area contributed by atoms with Crippen LogP contribution in [0.5, 0.6) is 0 Å². The number of hydrogen-bond donors (Lipinski definition) is 1. The van der Waals surface area contributed by atoms with Crippen LogP contribution in [-0.2, 0) is 6.54 Å². The minimum atomic E-state index is -1.18. The first-order chi connectivity index (χ1) is 10.1. The van der Waals surface area contributed by atoms with E-state index in [1.54, 1.807) is 24.4 Å². The van der Waals surface area contributed by atoms with Gasteiger partial charge in [-0.1, -0.05) is 35.9 Å². The van der Waals surface area contributed by atoms with Gasteiger partial charge in [0.1, 0.15) is 0 Å². The summed E-state index contributed by atoms with van der Waals surface area (Å²) in [6, 6.07) is 9.02. The summed E-state index contributed by atoms with van der Waals surface area (Å²) in [6.45, 7) is -0.0867. The third-order valence-electron chi connectivity index (χ3n) is 3.13. The van der Waals surface area contributed by atoms with Crippen molar-refractivity contribution in [3.8, 4) is 0 Å². The summed E-state index contributed by atoms with van der Waals surface area (Å²) in [6.07, 6.45) is 1.61. The molecule has 1 N–H and O–H groups in total. The molecule has 0 atom stereocenters. The van der Waals surface area contributed by atoms with E-state index in [1.165, 1.54) is 0 Å². The Kier molecular flexibility index (Phi) is 3.31. The Morgan fingerprint density at radius 3 is 2.81 bits per heavy atom. The van der Waals surface area contributed by atoms with Gasteiger partial charge >= 0.3 is 5.69 Å². The van der Waals surface area contributed by atoms with E-state index in [-0.39, 0.29) is 6.54 Å². The largest absolute Gasteiger partial charge is 0.329 e. The highest BCUT2D eigenvalue weighted by Crippen LogP contribution is 2.16. The topological polar surface area (TPSA) is 67.8 Å². The summed E-state index contributed by atoms with van der Waals surface area (Å²) in [7, 11) is 0. The minimum absolute atomic E-state index is 0.0867. The number of H-pyrrole nitrogens is 1. The molecule has 5 nitrogen and oxygen atoms in total. The number of rotatable bonds is 2. The lowest BCUT2D eigenvalue weighted by Crippen LogP contribution is -2.37. The number of benzene rings is 1. The second kappa shape index (κ2) is 5.14. The Morgan fingerprint density at radius 1 is 1.24 bits per heavy atom. The SMILES string of the molecule is O=c1[nH]c(Cl)c(F)c(=O)n1Cc1cccc2cccnc12. The van der Waals surface area contributed by atoms with Crippen LogP contribution in [0.25, 0.3) is 10.9 Å². The van der Waals surface area contributed by atoms with Crippen molar-refractivity contribution >= 4 is 22.5 Å². The fourth-order valence-electron chi connectivity index (χ4n) is 2.13. The first-order valence-electron chi connectivity index (χ1n) is 6.08. The van der Waals surface area contributed by atoms with Crippen molar-refractivity contribution in [3.63, 3.8) is 0 Å². The zero-order valence-corrected chi connectivity index (χ0v) is 11.4. The van der Waals surface area contributed by atoms with Crippen LogP contribution in [0.2, 0.25) is 5.15 Å². The molecule has 21 heavy (non-hydrogen) atoms. The lowest BCUT2D eigenvalue weighted by Gasteiger charge is -2.08. The molecule has 3 aromatic rings. The lowest BCUT2D eigenvalue weighted by molar-refractivity contribution is 0.558. The van der Waals surface area contributed by atoms with Gasteiger partial charge in [-0.15, -0.1) is 0 Å². The maximum absolute atomic E-state index is 13.5. The van der Waals surface area contributed by atoms with E-state index in [4.69, 9.17) is 11.6 Å². The molecular formula is C14H9ClFN3O2. The monoisotopic (exact) mass is 305 g/mol. The van der Waals surface area contributed by atoms with Gasteiger partial charge in [0.15, 0.2) is 5.15 Å². The van der Waals surface area contributed by atoms with Crippen LogP contribution in [-0.4, -0.2) is 14.5 Å². The van der Waals surface area contributed by atoms with Crippen LogP contribution in [0.3, 0.4) is 0 Å². The molecule has 0 bridgehead atoms. The Balaban J connectivity index is 2.18. The van der Waals surface area contributed by atoms with Gasteiger partial charge in [-0.2, -0.15) is 4.39 Å². The van der Waals surface area contributed by atoms with Gasteiger partial charge in [0.25, 0.3) is 5.56 Å². The van der Waals surface area contributed by atoms with Gasteiger partial charge in [0.05, 0.1) is 12.1 Å². The third-order valence-corrected chi connectivity index (χ3v) is 3.39. The van der Waals surface area contributed by atoms with Gasteiger partial charge in [-0.05, 0) is 11.6 Å². The van der Waals surface area contributed by atoms with Gasteiger partial charge < -0.3 is 0 Å². The zero-order valence-electron chi connectivity index (χ0n) is 10.6. The summed E-state index contributed by atoms with van der Waals surface area (Å²) < 4.78 is 14.3. The lowest BCUT2D eigenvalue weighted by atomic mass is 10.1. The van der Waals surface area contributed by atoms with Crippen molar-refractivity contribution in [1.29, 1.82) is 0 Å². The van der Waals surface area contributed by atoms with Gasteiger partial charge in [0, 0.05) is 11.6 Å². The van der Waals surface area contributed by atoms with Crippen LogP contribution < -0.4 is 11.2 Å². The Morgan fingerprint density at radius 2 is 2.00 bits per heavy atom. The van der Waals surface area contributed by atoms with E-state index >= 15 is 0 Å². The van der Waals surface area contributed by atoms with Crippen molar-refractivity contribution < 1.29 is 4.39 Å². The summed E-state index contributed by atoms with van der Waals surface area (Å²) in [4.78, 5) is 29.9. The number of aromatic nitrogens is 3. The van der Waals surface area contributed by atoms with E-state index in [0.717, 1.165) is 9.95 Å².